The molecular weight excluding hydrogens is 358 g/mol. The number of hydrogen-bond acceptors (Lipinski definition) is 7. The van der Waals surface area contributed by atoms with Crippen LogP contribution in [-0.4, -0.2) is 49.0 Å². The van der Waals surface area contributed by atoms with E-state index in [1.807, 2.05) is 0 Å². The van der Waals surface area contributed by atoms with Gasteiger partial charge in [0.2, 0.25) is 15.9 Å². The van der Waals surface area contributed by atoms with Gasteiger partial charge in [0.25, 0.3) is 0 Å². The van der Waals surface area contributed by atoms with Gasteiger partial charge in [0.05, 0.1) is 18.4 Å². The molecule has 1 saturated heterocycles. The summed E-state index contributed by atoms with van der Waals surface area (Å²) < 4.78 is 36.8. The molecule has 0 N–H and O–H groups in total. The van der Waals surface area contributed by atoms with E-state index in [0.717, 1.165) is 0 Å². The number of hydrogen-bond donors (Lipinski definition) is 0. The number of sulfonamides is 1. The van der Waals surface area contributed by atoms with Crippen LogP contribution in [0.4, 0.5) is 0 Å². The van der Waals surface area contributed by atoms with Crippen molar-refractivity contribution < 1.29 is 22.5 Å². The molecule has 9 heteroatoms. The number of piperidine rings is 1. The Morgan fingerprint density at radius 3 is 2.62 bits per heavy atom. The van der Waals surface area contributed by atoms with Crippen molar-refractivity contribution in [2.45, 2.75) is 31.4 Å². The van der Waals surface area contributed by atoms with Gasteiger partial charge >= 0.3 is 5.97 Å². The Hall–Kier alpha value is -2.26. The zero-order valence-electron chi connectivity index (χ0n) is 14.7. The highest BCUT2D eigenvalue weighted by atomic mass is 32.2. The van der Waals surface area contributed by atoms with Crippen LogP contribution in [0.3, 0.4) is 0 Å². The maximum atomic E-state index is 12.8. The molecule has 2 heterocycles. The van der Waals surface area contributed by atoms with Gasteiger partial charge in [0.1, 0.15) is 0 Å². The molecule has 1 aliphatic rings. The molecule has 0 unspecified atom stereocenters. The molecular formula is C17H21N3O5S. The summed E-state index contributed by atoms with van der Waals surface area (Å²) in [5.41, 5.74) is 0.714. The van der Waals surface area contributed by atoms with Crippen molar-refractivity contribution in [3.05, 3.63) is 47.1 Å². The Bertz CT molecular complexity index is 885. The van der Waals surface area contributed by atoms with Crippen LogP contribution in [0.1, 0.15) is 46.4 Å². The Kier molecular flexibility index (Phi) is 5.38. The predicted molar refractivity (Wildman–Crippen MR) is 93.0 cm³/mol. The van der Waals surface area contributed by atoms with E-state index in [1.165, 1.54) is 11.4 Å². The van der Waals surface area contributed by atoms with Crippen LogP contribution in [0.5, 0.6) is 0 Å². The zero-order valence-corrected chi connectivity index (χ0v) is 15.5. The van der Waals surface area contributed by atoms with Crippen LogP contribution < -0.4 is 0 Å². The second kappa shape index (κ2) is 7.55. The highest BCUT2D eigenvalue weighted by Crippen LogP contribution is 2.28. The van der Waals surface area contributed by atoms with Crippen LogP contribution in [0.15, 0.2) is 28.8 Å². The number of carbonyl (C=O) groups is 1. The second-order valence-corrected chi connectivity index (χ2v) is 8.22. The minimum atomic E-state index is -3.54. The number of rotatable bonds is 5. The third-order valence-corrected chi connectivity index (χ3v) is 6.34. The summed E-state index contributed by atoms with van der Waals surface area (Å²) >= 11 is 0. The first-order chi connectivity index (χ1) is 12.4. The van der Waals surface area contributed by atoms with Crippen LogP contribution in [-0.2, 0) is 20.5 Å². The molecule has 0 aliphatic carbocycles. The van der Waals surface area contributed by atoms with Gasteiger partial charge in [-0.3, -0.25) is 0 Å². The average molecular weight is 379 g/mol. The zero-order chi connectivity index (χ0) is 18.7. The minimum absolute atomic E-state index is 0.0984. The molecule has 8 nitrogen and oxygen atoms in total. The molecule has 1 aliphatic heterocycles. The SMILES string of the molecule is COC(=O)c1ccccc1CS(=O)(=O)N1CCC(c2noc(C)n2)CC1. The molecule has 0 amide bonds. The molecule has 3 rings (SSSR count). The van der Waals surface area contributed by atoms with Crippen molar-refractivity contribution in [1.82, 2.24) is 14.4 Å². The minimum Gasteiger partial charge on any atom is -0.465 e. The van der Waals surface area contributed by atoms with Crippen molar-refractivity contribution in [2.75, 3.05) is 20.2 Å². The lowest BCUT2D eigenvalue weighted by Gasteiger charge is -2.30. The van der Waals surface area contributed by atoms with Gasteiger partial charge in [0.15, 0.2) is 5.82 Å². The summed E-state index contributed by atoms with van der Waals surface area (Å²) in [6.07, 6.45) is 1.27. The summed E-state index contributed by atoms with van der Waals surface area (Å²) in [5, 5.41) is 3.93. The lowest BCUT2D eigenvalue weighted by molar-refractivity contribution is 0.0600. The fourth-order valence-corrected chi connectivity index (χ4v) is 4.71. The lowest BCUT2D eigenvalue weighted by atomic mass is 9.98. The van der Waals surface area contributed by atoms with Crippen molar-refractivity contribution in [1.29, 1.82) is 0 Å². The smallest absolute Gasteiger partial charge is 0.338 e. The molecule has 1 fully saturated rings. The fraction of sp³-hybridized carbons (Fsp3) is 0.471. The van der Waals surface area contributed by atoms with E-state index >= 15 is 0 Å². The van der Waals surface area contributed by atoms with Gasteiger partial charge in [-0.2, -0.15) is 4.98 Å². The monoisotopic (exact) mass is 379 g/mol. The Morgan fingerprint density at radius 1 is 1.31 bits per heavy atom. The molecule has 0 radical (unpaired) electrons. The molecule has 140 valence electrons. The van der Waals surface area contributed by atoms with Crippen LogP contribution in [0.2, 0.25) is 0 Å². The van der Waals surface area contributed by atoms with E-state index in [-0.39, 0.29) is 17.2 Å². The third-order valence-electron chi connectivity index (χ3n) is 4.52. The number of methoxy groups -OCH3 is 1. The maximum absolute atomic E-state index is 12.8. The van der Waals surface area contributed by atoms with E-state index in [4.69, 9.17) is 9.26 Å². The topological polar surface area (TPSA) is 103 Å². The molecule has 1 aromatic heterocycles. The lowest BCUT2D eigenvalue weighted by Crippen LogP contribution is -2.39. The molecule has 2 aromatic rings. The van der Waals surface area contributed by atoms with Crippen molar-refractivity contribution in [3.8, 4) is 0 Å². The fourth-order valence-electron chi connectivity index (χ4n) is 3.12. The van der Waals surface area contributed by atoms with Crippen molar-refractivity contribution in [3.63, 3.8) is 0 Å². The van der Waals surface area contributed by atoms with Crippen molar-refractivity contribution in [2.24, 2.45) is 0 Å². The molecule has 0 saturated carbocycles. The average Bonchev–Trinajstić information content (AvgIpc) is 3.08. The Balaban J connectivity index is 1.69. The van der Waals surface area contributed by atoms with Gasteiger partial charge in [0, 0.05) is 25.9 Å². The van der Waals surface area contributed by atoms with E-state index in [2.05, 4.69) is 10.1 Å². The number of carbonyl (C=O) groups excluding carboxylic acids is 1. The van der Waals surface area contributed by atoms with Crippen molar-refractivity contribution >= 4 is 16.0 Å². The summed E-state index contributed by atoms with van der Waals surface area (Å²) in [7, 11) is -2.26. The first-order valence-corrected chi connectivity index (χ1v) is 9.96. The largest absolute Gasteiger partial charge is 0.465 e. The number of aryl methyl sites for hydroxylation is 1. The van der Waals surface area contributed by atoms with Gasteiger partial charge in [-0.15, -0.1) is 0 Å². The molecule has 0 atom stereocenters. The van der Waals surface area contributed by atoms with Crippen LogP contribution in [0.25, 0.3) is 0 Å². The van der Waals surface area contributed by atoms with Crippen LogP contribution in [0, 0.1) is 6.92 Å². The first-order valence-electron chi connectivity index (χ1n) is 8.35. The van der Waals surface area contributed by atoms with Gasteiger partial charge in [-0.25, -0.2) is 17.5 Å². The standard InChI is InChI=1S/C17H21N3O5S/c1-12-18-16(19-25-12)13-7-9-20(10-8-13)26(22,23)11-14-5-3-4-6-15(14)17(21)24-2/h3-6,13H,7-11H2,1-2H3. The number of aromatic nitrogens is 2. The second-order valence-electron chi connectivity index (χ2n) is 6.25. The summed E-state index contributed by atoms with van der Waals surface area (Å²) in [5.74, 6) is 0.470. The molecule has 0 bridgehead atoms. The summed E-state index contributed by atoms with van der Waals surface area (Å²) in [6, 6.07) is 6.60. The Morgan fingerprint density at radius 2 is 2.00 bits per heavy atom. The normalized spacial score (nSPS) is 16.5. The van der Waals surface area contributed by atoms with Gasteiger partial charge in [-0.1, -0.05) is 23.4 Å². The highest BCUT2D eigenvalue weighted by molar-refractivity contribution is 7.88. The van der Waals surface area contributed by atoms with E-state index < -0.39 is 16.0 Å². The Labute approximate surface area is 152 Å². The highest BCUT2D eigenvalue weighted by Gasteiger charge is 2.31. The first kappa shape index (κ1) is 18.5. The maximum Gasteiger partial charge on any atom is 0.338 e. The third kappa shape index (κ3) is 3.94. The number of benzene rings is 1. The quantitative estimate of drug-likeness (QED) is 0.731. The van der Waals surface area contributed by atoms with Crippen LogP contribution >= 0.6 is 0 Å². The number of ether oxygens (including phenoxy) is 1. The predicted octanol–water partition coefficient (Wildman–Crippen LogP) is 1.87. The summed E-state index contributed by atoms with van der Waals surface area (Å²) in [6.45, 7) is 2.51. The molecule has 0 spiro atoms. The summed E-state index contributed by atoms with van der Waals surface area (Å²) in [4.78, 5) is 16.1. The van der Waals surface area contributed by atoms with E-state index in [9.17, 15) is 13.2 Å². The van der Waals surface area contributed by atoms with E-state index in [0.29, 0.717) is 43.2 Å². The molecule has 26 heavy (non-hydrogen) atoms. The number of nitrogens with zero attached hydrogens (tertiary/aromatic N) is 3. The van der Waals surface area contributed by atoms with Gasteiger partial charge < -0.3 is 9.26 Å². The van der Waals surface area contributed by atoms with Gasteiger partial charge in [-0.05, 0) is 24.5 Å². The number of esters is 1. The van der Waals surface area contributed by atoms with E-state index in [1.54, 1.807) is 31.2 Å². The molecule has 1 aromatic carbocycles.